The molecule has 5 heteroatoms. The maximum absolute atomic E-state index is 11.8. The van der Waals surface area contributed by atoms with Gasteiger partial charge in [-0.1, -0.05) is 13.3 Å². The molecule has 17 heavy (non-hydrogen) atoms. The number of rotatable bonds is 6. The molecule has 0 aromatic carbocycles. The third kappa shape index (κ3) is 4.38. The fraction of sp³-hybridized carbons (Fsp3) is 0.583. The molecule has 1 rings (SSSR count). The number of anilines is 1. The number of nitrogens with zero attached hydrogens (tertiary/aromatic N) is 2. The summed E-state index contributed by atoms with van der Waals surface area (Å²) in [6.45, 7) is 6.81. The fourth-order valence-corrected chi connectivity index (χ4v) is 1.54. The van der Waals surface area contributed by atoms with Gasteiger partial charge in [0.15, 0.2) is 0 Å². The van der Waals surface area contributed by atoms with Crippen LogP contribution in [0.15, 0.2) is 12.4 Å². The van der Waals surface area contributed by atoms with Gasteiger partial charge in [-0.3, -0.25) is 9.78 Å². The van der Waals surface area contributed by atoms with Gasteiger partial charge in [-0.25, -0.2) is 4.98 Å². The molecule has 94 valence electrons. The molecule has 2 N–H and O–H groups in total. The monoisotopic (exact) mass is 236 g/mol. The van der Waals surface area contributed by atoms with E-state index in [0.717, 1.165) is 19.4 Å². The molecular weight excluding hydrogens is 216 g/mol. The van der Waals surface area contributed by atoms with Crippen LogP contribution in [-0.4, -0.2) is 28.5 Å². The van der Waals surface area contributed by atoms with Crippen LogP contribution < -0.4 is 10.6 Å². The van der Waals surface area contributed by atoms with Gasteiger partial charge in [-0.15, -0.1) is 0 Å². The standard InChI is InChI=1S/C12H20N4O/c1-4-6-9(3)15-12(17)10-7-13-8-11(16-10)14-5-2/h7-9H,4-6H2,1-3H3,(H,14,16)(H,15,17). The number of carbonyl (C=O) groups is 1. The third-order valence-electron chi connectivity index (χ3n) is 2.32. The normalized spacial score (nSPS) is 11.9. The molecule has 1 aromatic heterocycles. The minimum absolute atomic E-state index is 0.164. The minimum atomic E-state index is -0.168. The van der Waals surface area contributed by atoms with E-state index in [9.17, 15) is 4.79 Å². The first-order valence-corrected chi connectivity index (χ1v) is 6.04. The number of aromatic nitrogens is 2. The molecule has 0 spiro atoms. The summed E-state index contributed by atoms with van der Waals surface area (Å²) in [4.78, 5) is 20.0. The van der Waals surface area contributed by atoms with Crippen LogP contribution in [-0.2, 0) is 0 Å². The van der Waals surface area contributed by atoms with Crippen molar-refractivity contribution in [2.24, 2.45) is 0 Å². The zero-order valence-corrected chi connectivity index (χ0v) is 10.7. The zero-order valence-electron chi connectivity index (χ0n) is 10.7. The van der Waals surface area contributed by atoms with Crippen molar-refractivity contribution in [2.75, 3.05) is 11.9 Å². The first kappa shape index (κ1) is 13.4. The molecular formula is C12H20N4O. The molecule has 1 atom stereocenters. The van der Waals surface area contributed by atoms with Gasteiger partial charge in [0.05, 0.1) is 12.4 Å². The molecule has 5 nitrogen and oxygen atoms in total. The lowest BCUT2D eigenvalue weighted by Gasteiger charge is -2.12. The molecule has 0 saturated heterocycles. The minimum Gasteiger partial charge on any atom is -0.369 e. The number of nitrogens with one attached hydrogen (secondary N) is 2. The summed E-state index contributed by atoms with van der Waals surface area (Å²) in [5, 5.41) is 5.92. The van der Waals surface area contributed by atoms with E-state index in [4.69, 9.17) is 0 Å². The van der Waals surface area contributed by atoms with Crippen molar-refractivity contribution in [3.05, 3.63) is 18.1 Å². The highest BCUT2D eigenvalue weighted by molar-refractivity contribution is 5.92. The van der Waals surface area contributed by atoms with Crippen LogP contribution in [0, 0.1) is 0 Å². The van der Waals surface area contributed by atoms with Gasteiger partial charge >= 0.3 is 0 Å². The van der Waals surface area contributed by atoms with Gasteiger partial charge in [0.2, 0.25) is 0 Å². The van der Waals surface area contributed by atoms with Crippen LogP contribution >= 0.6 is 0 Å². The Morgan fingerprint density at radius 1 is 1.41 bits per heavy atom. The second-order valence-electron chi connectivity index (χ2n) is 3.98. The average molecular weight is 236 g/mol. The van der Waals surface area contributed by atoms with Crippen molar-refractivity contribution >= 4 is 11.7 Å². The molecule has 0 aliphatic heterocycles. The number of hydrogen-bond acceptors (Lipinski definition) is 4. The molecule has 0 saturated carbocycles. The smallest absolute Gasteiger partial charge is 0.271 e. The first-order valence-electron chi connectivity index (χ1n) is 6.04. The Kier molecular flexibility index (Phi) is 5.39. The Morgan fingerprint density at radius 2 is 2.18 bits per heavy atom. The molecule has 1 amide bonds. The molecule has 0 fully saturated rings. The molecule has 0 aliphatic rings. The van der Waals surface area contributed by atoms with Crippen molar-refractivity contribution < 1.29 is 4.79 Å². The second-order valence-corrected chi connectivity index (χ2v) is 3.98. The fourth-order valence-electron chi connectivity index (χ4n) is 1.54. The zero-order chi connectivity index (χ0) is 12.7. The summed E-state index contributed by atoms with van der Waals surface area (Å²) in [5.41, 5.74) is 0.353. The Morgan fingerprint density at radius 3 is 2.82 bits per heavy atom. The maximum Gasteiger partial charge on any atom is 0.271 e. The Hall–Kier alpha value is -1.65. The van der Waals surface area contributed by atoms with Crippen LogP contribution in [0.25, 0.3) is 0 Å². The lowest BCUT2D eigenvalue weighted by atomic mass is 10.2. The van der Waals surface area contributed by atoms with Crippen LogP contribution in [0.4, 0.5) is 5.82 Å². The van der Waals surface area contributed by atoms with E-state index < -0.39 is 0 Å². The molecule has 1 heterocycles. The summed E-state index contributed by atoms with van der Waals surface area (Å²) in [6.07, 6.45) is 5.10. The Labute approximate surface area is 102 Å². The van der Waals surface area contributed by atoms with Gasteiger partial charge < -0.3 is 10.6 Å². The quantitative estimate of drug-likeness (QED) is 0.790. The Balaban J connectivity index is 2.65. The number of amides is 1. The van der Waals surface area contributed by atoms with Gasteiger partial charge in [0.1, 0.15) is 11.5 Å². The van der Waals surface area contributed by atoms with Gasteiger partial charge in [-0.2, -0.15) is 0 Å². The van der Waals surface area contributed by atoms with Crippen molar-refractivity contribution in [3.8, 4) is 0 Å². The van der Waals surface area contributed by atoms with Crippen molar-refractivity contribution in [1.82, 2.24) is 15.3 Å². The predicted octanol–water partition coefficient (Wildman–Crippen LogP) is 1.83. The van der Waals surface area contributed by atoms with Gasteiger partial charge in [0, 0.05) is 12.6 Å². The highest BCUT2D eigenvalue weighted by Crippen LogP contribution is 2.03. The van der Waals surface area contributed by atoms with E-state index in [-0.39, 0.29) is 11.9 Å². The van der Waals surface area contributed by atoms with Crippen molar-refractivity contribution in [2.45, 2.75) is 39.7 Å². The lowest BCUT2D eigenvalue weighted by Crippen LogP contribution is -2.33. The largest absolute Gasteiger partial charge is 0.369 e. The van der Waals surface area contributed by atoms with E-state index in [2.05, 4.69) is 27.5 Å². The third-order valence-corrected chi connectivity index (χ3v) is 2.32. The van der Waals surface area contributed by atoms with Crippen molar-refractivity contribution in [3.63, 3.8) is 0 Å². The van der Waals surface area contributed by atoms with E-state index >= 15 is 0 Å². The van der Waals surface area contributed by atoms with E-state index in [1.165, 1.54) is 6.20 Å². The van der Waals surface area contributed by atoms with Crippen LogP contribution in [0.1, 0.15) is 44.1 Å². The van der Waals surface area contributed by atoms with E-state index in [1.807, 2.05) is 13.8 Å². The van der Waals surface area contributed by atoms with Crippen LogP contribution in [0.5, 0.6) is 0 Å². The van der Waals surface area contributed by atoms with Crippen LogP contribution in [0.3, 0.4) is 0 Å². The van der Waals surface area contributed by atoms with E-state index in [1.54, 1.807) is 6.20 Å². The summed E-state index contributed by atoms with van der Waals surface area (Å²) < 4.78 is 0. The Bertz CT molecular complexity index is 367. The highest BCUT2D eigenvalue weighted by atomic mass is 16.1. The number of carbonyl (C=O) groups excluding carboxylic acids is 1. The molecule has 1 unspecified atom stereocenters. The topological polar surface area (TPSA) is 66.9 Å². The predicted molar refractivity (Wildman–Crippen MR) is 68.0 cm³/mol. The lowest BCUT2D eigenvalue weighted by molar-refractivity contribution is 0.0933. The summed E-state index contributed by atoms with van der Waals surface area (Å²) in [6, 6.07) is 0.164. The van der Waals surface area contributed by atoms with Gasteiger partial charge in [-0.05, 0) is 20.3 Å². The number of hydrogen-bond donors (Lipinski definition) is 2. The molecule has 1 aromatic rings. The SMILES string of the molecule is CCCC(C)NC(=O)c1cncc(NCC)n1. The summed E-state index contributed by atoms with van der Waals surface area (Å²) >= 11 is 0. The summed E-state index contributed by atoms with van der Waals surface area (Å²) in [5.74, 6) is 0.460. The molecule has 0 aliphatic carbocycles. The first-order chi connectivity index (χ1) is 8.17. The molecule has 0 radical (unpaired) electrons. The maximum atomic E-state index is 11.8. The summed E-state index contributed by atoms with van der Waals surface area (Å²) in [7, 11) is 0. The molecule has 0 bridgehead atoms. The average Bonchev–Trinajstić information content (AvgIpc) is 2.30. The van der Waals surface area contributed by atoms with E-state index in [0.29, 0.717) is 11.5 Å². The van der Waals surface area contributed by atoms with Crippen molar-refractivity contribution in [1.29, 1.82) is 0 Å². The van der Waals surface area contributed by atoms with Gasteiger partial charge in [0.25, 0.3) is 5.91 Å². The van der Waals surface area contributed by atoms with Crippen LogP contribution in [0.2, 0.25) is 0 Å². The second kappa shape index (κ2) is 6.83. The highest BCUT2D eigenvalue weighted by Gasteiger charge is 2.11.